The maximum Gasteiger partial charge on any atom is 0.0900 e. The molecule has 1 aromatic heterocycles. The molecule has 0 radical (unpaired) electrons. The van der Waals surface area contributed by atoms with E-state index in [2.05, 4.69) is 10.00 Å². The standard InChI is InChI=1S/C17H29N3O3/c21-16(13-22-14-17-6-3-10-23-17)12-19-8-2-1-5-15(19)11-20-9-4-7-18-20/h4,7,9,15-17,21H,1-3,5-6,8,10-14H2. The highest BCUT2D eigenvalue weighted by molar-refractivity contribution is 4.83. The number of likely N-dealkylation sites (tertiary alicyclic amines) is 1. The van der Waals surface area contributed by atoms with Crippen LogP contribution in [0.2, 0.25) is 0 Å². The molecule has 3 atom stereocenters. The lowest BCUT2D eigenvalue weighted by Crippen LogP contribution is -2.46. The number of hydrogen-bond acceptors (Lipinski definition) is 5. The quantitative estimate of drug-likeness (QED) is 0.781. The summed E-state index contributed by atoms with van der Waals surface area (Å²) < 4.78 is 13.2. The summed E-state index contributed by atoms with van der Waals surface area (Å²) >= 11 is 0. The Morgan fingerprint density at radius 1 is 1.30 bits per heavy atom. The fraction of sp³-hybridized carbons (Fsp3) is 0.824. The molecule has 0 bridgehead atoms. The molecule has 0 aliphatic carbocycles. The van der Waals surface area contributed by atoms with Gasteiger partial charge in [-0.15, -0.1) is 0 Å². The Hall–Kier alpha value is -0.950. The topological polar surface area (TPSA) is 59.8 Å². The highest BCUT2D eigenvalue weighted by Gasteiger charge is 2.25. The summed E-state index contributed by atoms with van der Waals surface area (Å²) in [5.74, 6) is 0. The number of hydrogen-bond donors (Lipinski definition) is 1. The number of aliphatic hydroxyl groups excluding tert-OH is 1. The van der Waals surface area contributed by atoms with E-state index in [4.69, 9.17) is 9.47 Å². The van der Waals surface area contributed by atoms with Gasteiger partial charge in [-0.25, -0.2) is 0 Å². The van der Waals surface area contributed by atoms with Crippen LogP contribution in [0.15, 0.2) is 18.5 Å². The van der Waals surface area contributed by atoms with E-state index in [1.54, 1.807) is 0 Å². The van der Waals surface area contributed by atoms with Crippen LogP contribution in [-0.4, -0.2) is 70.9 Å². The summed E-state index contributed by atoms with van der Waals surface area (Å²) in [5.41, 5.74) is 0. The Balaban J connectivity index is 1.40. The van der Waals surface area contributed by atoms with Gasteiger partial charge in [0.25, 0.3) is 0 Å². The number of nitrogens with zero attached hydrogens (tertiary/aromatic N) is 3. The molecule has 2 fully saturated rings. The number of ether oxygens (including phenoxy) is 2. The first-order valence-corrected chi connectivity index (χ1v) is 8.90. The van der Waals surface area contributed by atoms with Crippen LogP contribution in [0.5, 0.6) is 0 Å². The Morgan fingerprint density at radius 2 is 2.26 bits per heavy atom. The van der Waals surface area contributed by atoms with Gasteiger partial charge in [-0.1, -0.05) is 6.42 Å². The maximum atomic E-state index is 10.3. The predicted molar refractivity (Wildman–Crippen MR) is 87.2 cm³/mol. The van der Waals surface area contributed by atoms with E-state index in [1.807, 2.05) is 23.1 Å². The summed E-state index contributed by atoms with van der Waals surface area (Å²) in [6.07, 6.45) is 9.46. The highest BCUT2D eigenvalue weighted by Crippen LogP contribution is 2.19. The number of aromatic nitrogens is 2. The van der Waals surface area contributed by atoms with Gasteiger partial charge in [-0.2, -0.15) is 5.10 Å². The van der Waals surface area contributed by atoms with Crippen molar-refractivity contribution in [2.75, 3.05) is 32.9 Å². The first-order chi connectivity index (χ1) is 11.3. The minimum Gasteiger partial charge on any atom is -0.389 e. The first-order valence-electron chi connectivity index (χ1n) is 8.90. The van der Waals surface area contributed by atoms with Crippen molar-refractivity contribution in [2.24, 2.45) is 0 Å². The Bertz CT molecular complexity index is 434. The van der Waals surface area contributed by atoms with Crippen molar-refractivity contribution < 1.29 is 14.6 Å². The van der Waals surface area contributed by atoms with Crippen molar-refractivity contribution in [2.45, 2.75) is 56.9 Å². The summed E-state index contributed by atoms with van der Waals surface area (Å²) in [7, 11) is 0. The predicted octanol–water partition coefficient (Wildman–Crippen LogP) is 1.29. The molecule has 2 aliphatic heterocycles. The minimum absolute atomic E-state index is 0.227. The molecule has 23 heavy (non-hydrogen) atoms. The molecule has 0 aromatic carbocycles. The smallest absolute Gasteiger partial charge is 0.0900 e. The Morgan fingerprint density at radius 3 is 3.04 bits per heavy atom. The third-order valence-electron chi connectivity index (χ3n) is 4.79. The lowest BCUT2D eigenvalue weighted by molar-refractivity contribution is -0.0322. The van der Waals surface area contributed by atoms with Crippen molar-refractivity contribution in [3.63, 3.8) is 0 Å². The van der Waals surface area contributed by atoms with E-state index in [1.165, 1.54) is 19.3 Å². The lowest BCUT2D eigenvalue weighted by atomic mass is 10.0. The van der Waals surface area contributed by atoms with Crippen molar-refractivity contribution in [3.05, 3.63) is 18.5 Å². The van der Waals surface area contributed by atoms with Crippen molar-refractivity contribution in [1.82, 2.24) is 14.7 Å². The molecule has 2 aliphatic rings. The normalized spacial score (nSPS) is 27.3. The van der Waals surface area contributed by atoms with Gasteiger partial charge in [0.1, 0.15) is 0 Å². The number of rotatable bonds is 8. The minimum atomic E-state index is -0.436. The van der Waals surface area contributed by atoms with E-state index in [9.17, 15) is 5.11 Å². The fourth-order valence-electron chi connectivity index (χ4n) is 3.57. The third-order valence-corrected chi connectivity index (χ3v) is 4.79. The molecule has 1 N–H and O–H groups in total. The average molecular weight is 323 g/mol. The van der Waals surface area contributed by atoms with Crippen LogP contribution in [0.4, 0.5) is 0 Å². The molecular weight excluding hydrogens is 294 g/mol. The summed E-state index contributed by atoms with van der Waals surface area (Å²) in [6.45, 7) is 4.47. The molecule has 130 valence electrons. The second kappa shape index (κ2) is 8.78. The van der Waals surface area contributed by atoms with Gasteiger partial charge in [-0.3, -0.25) is 9.58 Å². The van der Waals surface area contributed by atoms with Crippen LogP contribution in [-0.2, 0) is 16.0 Å². The molecule has 0 saturated carbocycles. The lowest BCUT2D eigenvalue weighted by Gasteiger charge is -2.36. The molecule has 3 rings (SSSR count). The number of piperidine rings is 1. The average Bonchev–Trinajstić information content (AvgIpc) is 3.23. The highest BCUT2D eigenvalue weighted by atomic mass is 16.5. The van der Waals surface area contributed by atoms with Crippen LogP contribution in [0.1, 0.15) is 32.1 Å². The van der Waals surface area contributed by atoms with E-state index < -0.39 is 6.10 Å². The molecule has 0 amide bonds. The maximum absolute atomic E-state index is 10.3. The SMILES string of the molecule is OC(COCC1CCCO1)CN1CCCCC1Cn1cccn1. The van der Waals surface area contributed by atoms with Crippen molar-refractivity contribution in [1.29, 1.82) is 0 Å². The molecule has 3 heterocycles. The zero-order chi connectivity index (χ0) is 15.9. The van der Waals surface area contributed by atoms with Gasteiger partial charge in [0, 0.05) is 31.6 Å². The van der Waals surface area contributed by atoms with Crippen LogP contribution in [0.25, 0.3) is 0 Å². The van der Waals surface area contributed by atoms with Gasteiger partial charge in [0.05, 0.1) is 32.0 Å². The summed E-state index contributed by atoms with van der Waals surface area (Å²) in [5, 5.41) is 14.6. The zero-order valence-electron chi connectivity index (χ0n) is 13.8. The largest absolute Gasteiger partial charge is 0.389 e. The zero-order valence-corrected chi connectivity index (χ0v) is 13.8. The van der Waals surface area contributed by atoms with E-state index in [0.717, 1.165) is 32.5 Å². The summed E-state index contributed by atoms with van der Waals surface area (Å²) in [4.78, 5) is 2.39. The van der Waals surface area contributed by atoms with E-state index in [0.29, 0.717) is 25.8 Å². The Kier molecular flexibility index (Phi) is 6.45. The number of aliphatic hydroxyl groups is 1. The van der Waals surface area contributed by atoms with E-state index >= 15 is 0 Å². The molecule has 0 spiro atoms. The van der Waals surface area contributed by atoms with Gasteiger partial charge in [0.15, 0.2) is 0 Å². The third kappa shape index (κ3) is 5.28. The van der Waals surface area contributed by atoms with Crippen LogP contribution in [0.3, 0.4) is 0 Å². The Labute approximate surface area is 138 Å². The summed E-state index contributed by atoms with van der Waals surface area (Å²) in [6, 6.07) is 2.41. The van der Waals surface area contributed by atoms with Crippen LogP contribution in [0, 0.1) is 0 Å². The molecule has 6 heteroatoms. The monoisotopic (exact) mass is 323 g/mol. The van der Waals surface area contributed by atoms with E-state index in [-0.39, 0.29) is 6.10 Å². The van der Waals surface area contributed by atoms with Gasteiger partial charge >= 0.3 is 0 Å². The van der Waals surface area contributed by atoms with Gasteiger partial charge < -0.3 is 14.6 Å². The second-order valence-electron chi connectivity index (χ2n) is 6.70. The van der Waals surface area contributed by atoms with Gasteiger partial charge in [0.2, 0.25) is 0 Å². The van der Waals surface area contributed by atoms with Crippen LogP contribution >= 0.6 is 0 Å². The molecule has 2 saturated heterocycles. The number of β-amino-alcohol motifs (C(OH)–C–C–N with tert-alkyl or cyclic N) is 1. The molecule has 1 aromatic rings. The van der Waals surface area contributed by atoms with Crippen molar-refractivity contribution in [3.8, 4) is 0 Å². The molecule has 3 unspecified atom stereocenters. The second-order valence-corrected chi connectivity index (χ2v) is 6.70. The molecule has 6 nitrogen and oxygen atoms in total. The van der Waals surface area contributed by atoms with Crippen LogP contribution < -0.4 is 0 Å². The van der Waals surface area contributed by atoms with Crippen molar-refractivity contribution >= 4 is 0 Å². The van der Waals surface area contributed by atoms with Gasteiger partial charge in [-0.05, 0) is 38.3 Å². The first kappa shape index (κ1) is 16.9. The molecular formula is C17H29N3O3. The fourth-order valence-corrected chi connectivity index (χ4v) is 3.57.